The molecule has 1 unspecified atom stereocenters. The van der Waals surface area contributed by atoms with Crippen LogP contribution in [0.4, 0.5) is 0 Å². The van der Waals surface area contributed by atoms with E-state index in [4.69, 9.17) is 10.2 Å². The second-order valence-electron chi connectivity index (χ2n) is 4.14. The summed E-state index contributed by atoms with van der Waals surface area (Å²) in [6.45, 7) is 1.23. The minimum Gasteiger partial charge on any atom is -0.480 e. The van der Waals surface area contributed by atoms with E-state index in [0.717, 1.165) is 5.56 Å². The molecule has 7 nitrogen and oxygen atoms in total. The molecule has 7 heteroatoms. The Hall–Kier alpha value is -2.41. The van der Waals surface area contributed by atoms with E-state index in [1.165, 1.54) is 6.20 Å². The average molecular weight is 263 g/mol. The van der Waals surface area contributed by atoms with Crippen molar-refractivity contribution >= 4 is 17.5 Å². The summed E-state index contributed by atoms with van der Waals surface area (Å²) in [5.41, 5.74) is 1.70. The zero-order chi connectivity index (χ0) is 14.0. The van der Waals surface area contributed by atoms with Gasteiger partial charge in [-0.25, -0.2) is 9.78 Å². The van der Waals surface area contributed by atoms with Crippen molar-refractivity contribution in [3.63, 3.8) is 0 Å². The number of carboxylic acid groups (broad SMARTS) is 1. The number of aryl methyl sites for hydroxylation is 1. The van der Waals surface area contributed by atoms with Crippen molar-refractivity contribution in [2.75, 3.05) is 6.61 Å². The van der Waals surface area contributed by atoms with Crippen LogP contribution >= 0.6 is 0 Å². The van der Waals surface area contributed by atoms with Crippen LogP contribution in [0.3, 0.4) is 0 Å². The molecular formula is C12H13N3O4. The molecule has 0 fully saturated rings. The highest BCUT2D eigenvalue weighted by atomic mass is 16.4. The normalized spacial score (nSPS) is 12.3. The minimum absolute atomic E-state index is 0.102. The third kappa shape index (κ3) is 2.71. The van der Waals surface area contributed by atoms with Gasteiger partial charge in [0.2, 0.25) is 0 Å². The molecule has 0 aliphatic rings. The Balaban J connectivity index is 2.24. The Morgan fingerprint density at radius 3 is 2.89 bits per heavy atom. The third-order valence-electron chi connectivity index (χ3n) is 2.63. The van der Waals surface area contributed by atoms with Gasteiger partial charge in [-0.2, -0.15) is 0 Å². The van der Waals surface area contributed by atoms with Crippen molar-refractivity contribution < 1.29 is 19.8 Å². The molecule has 0 aliphatic heterocycles. The minimum atomic E-state index is -1.33. The molecule has 0 radical (unpaired) electrons. The van der Waals surface area contributed by atoms with E-state index in [0.29, 0.717) is 5.65 Å². The molecule has 0 aromatic carbocycles. The van der Waals surface area contributed by atoms with Crippen LogP contribution in [0.1, 0.15) is 16.1 Å². The molecule has 19 heavy (non-hydrogen) atoms. The van der Waals surface area contributed by atoms with Gasteiger partial charge in [0.1, 0.15) is 11.3 Å². The number of fused-ring (bicyclic) bond motifs is 1. The highest BCUT2D eigenvalue weighted by molar-refractivity contribution is 5.95. The van der Waals surface area contributed by atoms with Crippen molar-refractivity contribution in [2.24, 2.45) is 0 Å². The topological polar surface area (TPSA) is 104 Å². The summed E-state index contributed by atoms with van der Waals surface area (Å²) in [7, 11) is 0. The van der Waals surface area contributed by atoms with Gasteiger partial charge in [0.15, 0.2) is 6.04 Å². The highest BCUT2D eigenvalue weighted by Gasteiger charge is 2.21. The zero-order valence-corrected chi connectivity index (χ0v) is 10.2. The van der Waals surface area contributed by atoms with Gasteiger partial charge in [-0.3, -0.25) is 4.79 Å². The van der Waals surface area contributed by atoms with Gasteiger partial charge < -0.3 is 19.9 Å². The van der Waals surface area contributed by atoms with E-state index in [-0.39, 0.29) is 5.69 Å². The van der Waals surface area contributed by atoms with Crippen LogP contribution in [0, 0.1) is 6.92 Å². The Bertz CT molecular complexity index is 635. The number of aliphatic hydroxyl groups is 1. The van der Waals surface area contributed by atoms with Crippen molar-refractivity contribution in [3.05, 3.63) is 35.8 Å². The molecule has 2 rings (SSSR count). The standard InChI is InChI=1S/C12H13N3O4/c1-7-2-3-15-5-8(13-10(15)4-7)11(17)14-9(6-16)12(18)19/h2-5,9,16H,6H2,1H3,(H,14,17)(H,18,19). The summed E-state index contributed by atoms with van der Waals surface area (Å²) >= 11 is 0. The van der Waals surface area contributed by atoms with Crippen molar-refractivity contribution in [2.45, 2.75) is 13.0 Å². The van der Waals surface area contributed by atoms with E-state index in [9.17, 15) is 9.59 Å². The number of pyridine rings is 1. The number of carbonyl (C=O) groups excluding carboxylic acids is 1. The van der Waals surface area contributed by atoms with Gasteiger partial charge in [-0.1, -0.05) is 0 Å². The van der Waals surface area contributed by atoms with Crippen LogP contribution in [-0.2, 0) is 4.79 Å². The molecule has 2 aromatic rings. The van der Waals surface area contributed by atoms with Gasteiger partial charge in [-0.15, -0.1) is 0 Å². The molecule has 0 aliphatic carbocycles. The number of aliphatic hydroxyl groups excluding tert-OH is 1. The van der Waals surface area contributed by atoms with Gasteiger partial charge in [0.25, 0.3) is 5.91 Å². The summed E-state index contributed by atoms with van der Waals surface area (Å²) in [5, 5.41) is 19.8. The van der Waals surface area contributed by atoms with E-state index < -0.39 is 24.5 Å². The lowest BCUT2D eigenvalue weighted by Crippen LogP contribution is -2.43. The molecule has 0 spiro atoms. The van der Waals surface area contributed by atoms with E-state index in [2.05, 4.69) is 10.3 Å². The lowest BCUT2D eigenvalue weighted by atomic mass is 10.3. The SMILES string of the molecule is Cc1ccn2cc(C(=O)NC(CO)C(=O)O)nc2c1. The second-order valence-corrected chi connectivity index (χ2v) is 4.14. The Morgan fingerprint density at radius 2 is 2.26 bits per heavy atom. The fourth-order valence-corrected chi connectivity index (χ4v) is 1.61. The van der Waals surface area contributed by atoms with Gasteiger partial charge in [-0.05, 0) is 24.6 Å². The Labute approximate surface area is 108 Å². The fourth-order valence-electron chi connectivity index (χ4n) is 1.61. The number of rotatable bonds is 4. The summed E-state index contributed by atoms with van der Waals surface area (Å²) < 4.78 is 1.66. The second kappa shape index (κ2) is 5.07. The molecule has 2 aromatic heterocycles. The number of nitrogens with zero attached hydrogens (tertiary/aromatic N) is 2. The number of nitrogens with one attached hydrogen (secondary N) is 1. The van der Waals surface area contributed by atoms with Gasteiger partial charge >= 0.3 is 5.97 Å². The first-order valence-corrected chi connectivity index (χ1v) is 5.61. The number of hydrogen-bond acceptors (Lipinski definition) is 4. The van der Waals surface area contributed by atoms with Crippen molar-refractivity contribution in [1.82, 2.24) is 14.7 Å². The van der Waals surface area contributed by atoms with Crippen LogP contribution in [-0.4, -0.2) is 44.1 Å². The molecule has 0 saturated carbocycles. The molecule has 2 heterocycles. The third-order valence-corrected chi connectivity index (χ3v) is 2.63. The van der Waals surface area contributed by atoms with E-state index in [1.807, 2.05) is 13.0 Å². The monoisotopic (exact) mass is 263 g/mol. The number of amides is 1. The molecule has 1 atom stereocenters. The maximum atomic E-state index is 11.8. The summed E-state index contributed by atoms with van der Waals surface area (Å²) in [6.07, 6.45) is 3.26. The van der Waals surface area contributed by atoms with E-state index >= 15 is 0 Å². The van der Waals surface area contributed by atoms with E-state index in [1.54, 1.807) is 16.7 Å². The Morgan fingerprint density at radius 1 is 1.53 bits per heavy atom. The van der Waals surface area contributed by atoms with Gasteiger partial charge in [0, 0.05) is 12.4 Å². The predicted molar refractivity (Wildman–Crippen MR) is 65.9 cm³/mol. The van der Waals surface area contributed by atoms with Crippen LogP contribution in [0.25, 0.3) is 5.65 Å². The van der Waals surface area contributed by atoms with Gasteiger partial charge in [0.05, 0.1) is 6.61 Å². The van der Waals surface area contributed by atoms with Crippen LogP contribution in [0.2, 0.25) is 0 Å². The maximum Gasteiger partial charge on any atom is 0.328 e. The zero-order valence-electron chi connectivity index (χ0n) is 10.2. The highest BCUT2D eigenvalue weighted by Crippen LogP contribution is 2.07. The number of carbonyl (C=O) groups is 2. The number of aliphatic carboxylic acids is 1. The summed E-state index contributed by atoms with van der Waals surface area (Å²) in [4.78, 5) is 26.6. The fraction of sp³-hybridized carbons (Fsp3) is 0.250. The summed E-state index contributed by atoms with van der Waals surface area (Å²) in [6, 6.07) is 2.33. The Kier molecular flexibility index (Phi) is 3.48. The first kappa shape index (κ1) is 13.0. The number of carboxylic acids is 1. The largest absolute Gasteiger partial charge is 0.480 e. The molecule has 0 saturated heterocycles. The molecule has 100 valence electrons. The molecule has 1 amide bonds. The first-order valence-electron chi connectivity index (χ1n) is 5.61. The lowest BCUT2D eigenvalue weighted by Gasteiger charge is -2.09. The number of imidazole rings is 1. The van der Waals surface area contributed by atoms with Crippen LogP contribution in [0.5, 0.6) is 0 Å². The number of hydrogen-bond donors (Lipinski definition) is 3. The predicted octanol–water partition coefficient (Wildman–Crippen LogP) is -0.182. The lowest BCUT2D eigenvalue weighted by molar-refractivity contribution is -0.140. The van der Waals surface area contributed by atoms with Crippen LogP contribution in [0.15, 0.2) is 24.5 Å². The van der Waals surface area contributed by atoms with Crippen molar-refractivity contribution in [1.29, 1.82) is 0 Å². The molecule has 0 bridgehead atoms. The first-order chi connectivity index (χ1) is 9.01. The number of aromatic nitrogens is 2. The molecular weight excluding hydrogens is 250 g/mol. The quantitative estimate of drug-likeness (QED) is 0.709. The maximum absolute atomic E-state index is 11.8. The van der Waals surface area contributed by atoms with Crippen molar-refractivity contribution in [3.8, 4) is 0 Å². The average Bonchev–Trinajstić information content (AvgIpc) is 2.78. The van der Waals surface area contributed by atoms with Crippen LogP contribution < -0.4 is 5.32 Å². The molecule has 3 N–H and O–H groups in total. The summed E-state index contributed by atoms with van der Waals surface area (Å²) in [5.74, 6) is -1.93. The smallest absolute Gasteiger partial charge is 0.328 e.